The lowest BCUT2D eigenvalue weighted by Gasteiger charge is -1.97. The average Bonchev–Trinajstić information content (AvgIpc) is 2.04. The topological polar surface area (TPSA) is 26.0 Å². The van der Waals surface area contributed by atoms with Crippen LogP contribution in [0.2, 0.25) is 0 Å². The monoisotopic (exact) mass is 130 g/mol. The van der Waals surface area contributed by atoms with E-state index in [1.807, 2.05) is 18.2 Å². The van der Waals surface area contributed by atoms with E-state index < -0.39 is 0 Å². The molecule has 1 heteroatoms. The molecule has 0 aliphatic heterocycles. The van der Waals surface area contributed by atoms with Gasteiger partial charge in [-0.3, -0.25) is 0 Å². The highest BCUT2D eigenvalue weighted by Gasteiger charge is 1.93. The lowest BCUT2D eigenvalue weighted by Crippen LogP contribution is -1.98. The zero-order valence-electron chi connectivity index (χ0n) is 5.59. The third-order valence-electron chi connectivity index (χ3n) is 1.30. The maximum absolute atomic E-state index is 5.40. The minimum Gasteiger partial charge on any atom is -0.326 e. The Labute approximate surface area is 60.9 Å². The second-order valence-electron chi connectivity index (χ2n) is 1.91. The summed E-state index contributed by atoms with van der Waals surface area (Å²) < 4.78 is 0. The molecular weight excluding hydrogens is 122 g/mol. The van der Waals surface area contributed by atoms with Crippen molar-refractivity contribution in [2.24, 2.45) is 5.73 Å². The Morgan fingerprint density at radius 1 is 1.70 bits per heavy atom. The highest BCUT2D eigenvalue weighted by molar-refractivity contribution is 5.38. The number of hydrogen-bond acceptors (Lipinski definition) is 1. The molecule has 0 heterocycles. The van der Waals surface area contributed by atoms with Crippen molar-refractivity contribution >= 4 is 0 Å². The van der Waals surface area contributed by atoms with Gasteiger partial charge in [-0.1, -0.05) is 18.1 Å². The molecule has 0 unspecified atom stereocenters. The molecule has 1 nitrogen and oxygen atoms in total. The van der Waals surface area contributed by atoms with Gasteiger partial charge >= 0.3 is 0 Å². The first kappa shape index (κ1) is 6.85. The van der Waals surface area contributed by atoms with E-state index in [2.05, 4.69) is 12.0 Å². The van der Waals surface area contributed by atoms with E-state index in [4.69, 9.17) is 12.2 Å². The molecule has 49 valence electrons. The van der Waals surface area contributed by atoms with Crippen LogP contribution in [0.1, 0.15) is 11.1 Å². The van der Waals surface area contributed by atoms with E-state index in [1.165, 1.54) is 0 Å². The largest absolute Gasteiger partial charge is 0.326 e. The molecule has 2 N–H and O–H groups in total. The Morgan fingerprint density at radius 2 is 2.50 bits per heavy atom. The van der Waals surface area contributed by atoms with Crippen molar-refractivity contribution in [3.8, 4) is 12.3 Å². The van der Waals surface area contributed by atoms with Crippen LogP contribution in [0.3, 0.4) is 0 Å². The molecule has 1 aromatic rings. The Kier molecular flexibility index (Phi) is 2.09. The normalized spacial score (nSPS) is 8.80. The lowest BCUT2D eigenvalue weighted by molar-refractivity contribution is 1.06. The second-order valence-corrected chi connectivity index (χ2v) is 1.91. The van der Waals surface area contributed by atoms with Gasteiger partial charge < -0.3 is 5.73 Å². The smallest absolute Gasteiger partial charge is 0.0293 e. The van der Waals surface area contributed by atoms with Gasteiger partial charge in [-0.25, -0.2) is 0 Å². The predicted molar refractivity (Wildman–Crippen MR) is 41.1 cm³/mol. The molecule has 1 rings (SSSR count). The number of nitrogens with two attached hydrogens (primary N) is 1. The Morgan fingerprint density at radius 3 is 3.00 bits per heavy atom. The predicted octanol–water partition coefficient (Wildman–Crippen LogP) is 0.927. The summed E-state index contributed by atoms with van der Waals surface area (Å²) in [4.78, 5) is 0. The molecule has 0 aliphatic rings. The number of rotatable bonds is 1. The van der Waals surface area contributed by atoms with Gasteiger partial charge in [0.15, 0.2) is 0 Å². The SMILES string of the molecule is C#Cc1ccc[c]c1CN. The van der Waals surface area contributed by atoms with Crippen LogP contribution >= 0.6 is 0 Å². The average molecular weight is 130 g/mol. The van der Waals surface area contributed by atoms with Crippen LogP contribution in [0.15, 0.2) is 18.2 Å². The van der Waals surface area contributed by atoms with Gasteiger partial charge in [0.2, 0.25) is 0 Å². The zero-order chi connectivity index (χ0) is 7.40. The van der Waals surface area contributed by atoms with Gasteiger partial charge in [0.1, 0.15) is 0 Å². The summed E-state index contributed by atoms with van der Waals surface area (Å²) in [6, 6.07) is 8.49. The maximum Gasteiger partial charge on any atom is 0.0293 e. The number of hydrogen-bond donors (Lipinski definition) is 1. The highest BCUT2D eigenvalue weighted by atomic mass is 14.5. The van der Waals surface area contributed by atoms with Crippen molar-refractivity contribution in [2.75, 3.05) is 0 Å². The molecule has 1 radical (unpaired) electrons. The van der Waals surface area contributed by atoms with Crippen molar-refractivity contribution in [3.63, 3.8) is 0 Å². The molecule has 1 aromatic carbocycles. The van der Waals surface area contributed by atoms with E-state index in [0.717, 1.165) is 11.1 Å². The molecule has 10 heavy (non-hydrogen) atoms. The molecule has 0 fully saturated rings. The van der Waals surface area contributed by atoms with Gasteiger partial charge in [-0.05, 0) is 17.7 Å². The maximum atomic E-state index is 5.40. The third-order valence-corrected chi connectivity index (χ3v) is 1.30. The lowest BCUT2D eigenvalue weighted by atomic mass is 10.1. The van der Waals surface area contributed by atoms with Crippen LogP contribution in [0, 0.1) is 18.4 Å². The summed E-state index contributed by atoms with van der Waals surface area (Å²) in [6.07, 6.45) is 5.20. The summed E-state index contributed by atoms with van der Waals surface area (Å²) in [5.41, 5.74) is 7.14. The quantitative estimate of drug-likeness (QED) is 0.562. The number of benzene rings is 1. The minimum atomic E-state index is 0.459. The van der Waals surface area contributed by atoms with Crippen molar-refractivity contribution in [2.45, 2.75) is 6.54 Å². The van der Waals surface area contributed by atoms with Gasteiger partial charge in [-0.2, -0.15) is 0 Å². The Hall–Kier alpha value is -1.26. The summed E-state index contributed by atoms with van der Waals surface area (Å²) >= 11 is 0. The van der Waals surface area contributed by atoms with Crippen molar-refractivity contribution in [1.29, 1.82) is 0 Å². The first-order chi connectivity index (χ1) is 4.88. The van der Waals surface area contributed by atoms with E-state index in [9.17, 15) is 0 Å². The molecule has 0 amide bonds. The Bertz CT molecular complexity index is 258. The van der Waals surface area contributed by atoms with Gasteiger partial charge in [0.05, 0.1) is 0 Å². The van der Waals surface area contributed by atoms with Crippen LogP contribution in [0.4, 0.5) is 0 Å². The van der Waals surface area contributed by atoms with E-state index in [0.29, 0.717) is 6.54 Å². The van der Waals surface area contributed by atoms with Gasteiger partial charge in [0.25, 0.3) is 0 Å². The summed E-state index contributed by atoms with van der Waals surface area (Å²) in [7, 11) is 0. The summed E-state index contributed by atoms with van der Waals surface area (Å²) in [5, 5.41) is 0. The van der Waals surface area contributed by atoms with Crippen LogP contribution < -0.4 is 5.73 Å². The first-order valence-electron chi connectivity index (χ1n) is 3.04. The summed E-state index contributed by atoms with van der Waals surface area (Å²) in [6.45, 7) is 0.459. The highest BCUT2D eigenvalue weighted by Crippen LogP contribution is 2.03. The van der Waals surface area contributed by atoms with Crippen molar-refractivity contribution in [1.82, 2.24) is 0 Å². The van der Waals surface area contributed by atoms with Crippen LogP contribution in [0.25, 0.3) is 0 Å². The molecule has 0 saturated carbocycles. The van der Waals surface area contributed by atoms with Crippen LogP contribution in [0.5, 0.6) is 0 Å². The van der Waals surface area contributed by atoms with Crippen LogP contribution in [-0.2, 0) is 6.54 Å². The molecule has 0 bridgehead atoms. The second kappa shape index (κ2) is 3.05. The molecule has 0 aromatic heterocycles. The number of terminal acetylenes is 1. The minimum absolute atomic E-state index is 0.459. The van der Waals surface area contributed by atoms with Gasteiger partial charge in [0, 0.05) is 12.1 Å². The fourth-order valence-electron chi connectivity index (χ4n) is 0.775. The third kappa shape index (κ3) is 1.18. The van der Waals surface area contributed by atoms with Crippen LogP contribution in [-0.4, -0.2) is 0 Å². The standard InChI is InChI=1S/C9H8N/c1-2-8-5-3-4-6-9(8)7-10/h1,3-5H,7,10H2. The van der Waals surface area contributed by atoms with Crippen molar-refractivity contribution in [3.05, 3.63) is 35.4 Å². The van der Waals surface area contributed by atoms with Gasteiger partial charge in [-0.15, -0.1) is 6.42 Å². The fraction of sp³-hybridized carbons (Fsp3) is 0.111. The molecular formula is C9H8N. The molecule has 0 spiro atoms. The van der Waals surface area contributed by atoms with Crippen molar-refractivity contribution < 1.29 is 0 Å². The molecule has 0 saturated heterocycles. The fourth-order valence-corrected chi connectivity index (χ4v) is 0.775. The summed E-state index contributed by atoms with van der Waals surface area (Å²) in [5.74, 6) is 2.54. The molecule has 0 aliphatic carbocycles. The van der Waals surface area contributed by atoms with E-state index in [1.54, 1.807) is 0 Å². The Balaban J connectivity index is 3.12. The molecule has 0 atom stereocenters. The van der Waals surface area contributed by atoms with E-state index in [-0.39, 0.29) is 0 Å². The first-order valence-corrected chi connectivity index (χ1v) is 3.04. The van der Waals surface area contributed by atoms with E-state index >= 15 is 0 Å². The zero-order valence-corrected chi connectivity index (χ0v) is 5.59.